The minimum absolute atomic E-state index is 0.0910. The van der Waals surface area contributed by atoms with Crippen molar-refractivity contribution in [2.45, 2.75) is 52.6 Å². The first-order chi connectivity index (χ1) is 16.0. The van der Waals surface area contributed by atoms with Gasteiger partial charge in [-0.25, -0.2) is 8.42 Å². The quantitative estimate of drug-likeness (QED) is 0.467. The maximum Gasteiger partial charge on any atom is 0.242 e. The zero-order valence-electron chi connectivity index (χ0n) is 20.3. The van der Waals surface area contributed by atoms with Gasteiger partial charge in [0.1, 0.15) is 6.04 Å². The van der Waals surface area contributed by atoms with E-state index in [2.05, 4.69) is 5.32 Å². The van der Waals surface area contributed by atoms with Gasteiger partial charge in [0, 0.05) is 31.1 Å². The van der Waals surface area contributed by atoms with Crippen LogP contribution in [-0.2, 0) is 26.2 Å². The van der Waals surface area contributed by atoms with Crippen molar-refractivity contribution in [1.29, 1.82) is 0 Å². The lowest BCUT2D eigenvalue weighted by Crippen LogP contribution is -2.47. The molecule has 0 saturated heterocycles. The Bertz CT molecular complexity index is 1090. The van der Waals surface area contributed by atoms with E-state index in [1.807, 2.05) is 32.0 Å². The Labute approximate surface area is 208 Å². The van der Waals surface area contributed by atoms with Crippen LogP contribution in [0.3, 0.4) is 0 Å². The molecule has 0 aromatic heterocycles. The highest BCUT2D eigenvalue weighted by molar-refractivity contribution is 7.92. The molecule has 0 heterocycles. The van der Waals surface area contributed by atoms with Crippen LogP contribution < -0.4 is 9.62 Å². The van der Waals surface area contributed by atoms with Gasteiger partial charge in [-0.05, 0) is 56.0 Å². The number of sulfonamides is 1. The summed E-state index contributed by atoms with van der Waals surface area (Å²) in [4.78, 5) is 27.4. The van der Waals surface area contributed by atoms with E-state index in [9.17, 15) is 18.0 Å². The molecule has 0 aliphatic carbocycles. The van der Waals surface area contributed by atoms with Crippen LogP contribution in [0.4, 0.5) is 5.69 Å². The van der Waals surface area contributed by atoms with Crippen LogP contribution in [0.1, 0.15) is 44.2 Å². The molecule has 7 nitrogen and oxygen atoms in total. The zero-order valence-corrected chi connectivity index (χ0v) is 21.8. The standard InChI is InChI=1S/C25H34ClN3O4S/c1-5-15-27-25(31)20(3)28(18-21-11-6-7-13-23(21)26)24(30)14-9-16-29(34(4,32)33)22-12-8-10-19(2)17-22/h6-8,10-13,17,20H,5,9,14-16,18H2,1-4H3,(H,27,31)/t20-/m1/s1. The second kappa shape index (κ2) is 12.8. The Morgan fingerprint density at radius 3 is 2.44 bits per heavy atom. The summed E-state index contributed by atoms with van der Waals surface area (Å²) < 4.78 is 26.1. The van der Waals surface area contributed by atoms with Crippen molar-refractivity contribution in [1.82, 2.24) is 10.2 Å². The summed E-state index contributed by atoms with van der Waals surface area (Å²) in [7, 11) is -3.52. The predicted molar refractivity (Wildman–Crippen MR) is 137 cm³/mol. The fourth-order valence-electron chi connectivity index (χ4n) is 3.58. The van der Waals surface area contributed by atoms with Gasteiger partial charge in [-0.3, -0.25) is 13.9 Å². The average molecular weight is 508 g/mol. The third-order valence-corrected chi connectivity index (χ3v) is 7.02. The number of carbonyl (C=O) groups excluding carboxylic acids is 2. The van der Waals surface area contributed by atoms with E-state index >= 15 is 0 Å². The first-order valence-corrected chi connectivity index (χ1v) is 13.6. The van der Waals surface area contributed by atoms with Crippen molar-refractivity contribution >= 4 is 39.1 Å². The lowest BCUT2D eigenvalue weighted by atomic mass is 10.1. The van der Waals surface area contributed by atoms with Crippen molar-refractivity contribution in [3.63, 3.8) is 0 Å². The number of hydrogen-bond donors (Lipinski definition) is 1. The molecule has 0 bridgehead atoms. The number of benzene rings is 2. The van der Waals surface area contributed by atoms with E-state index in [1.165, 1.54) is 9.21 Å². The third kappa shape index (κ3) is 8.02. The number of nitrogens with zero attached hydrogens (tertiary/aromatic N) is 2. The van der Waals surface area contributed by atoms with Crippen LogP contribution in [0, 0.1) is 6.92 Å². The number of carbonyl (C=O) groups is 2. The zero-order chi connectivity index (χ0) is 25.3. The lowest BCUT2D eigenvalue weighted by Gasteiger charge is -2.29. The van der Waals surface area contributed by atoms with Gasteiger partial charge in [0.25, 0.3) is 0 Å². The molecule has 0 aliphatic heterocycles. The molecule has 0 fully saturated rings. The molecule has 9 heteroatoms. The normalized spacial score (nSPS) is 12.1. The van der Waals surface area contributed by atoms with Gasteiger partial charge >= 0.3 is 0 Å². The smallest absolute Gasteiger partial charge is 0.242 e. The van der Waals surface area contributed by atoms with Gasteiger partial charge in [0.2, 0.25) is 21.8 Å². The minimum atomic E-state index is -3.52. The highest BCUT2D eigenvalue weighted by Gasteiger charge is 2.27. The van der Waals surface area contributed by atoms with Crippen LogP contribution >= 0.6 is 11.6 Å². The highest BCUT2D eigenvalue weighted by Crippen LogP contribution is 2.22. The summed E-state index contributed by atoms with van der Waals surface area (Å²) >= 11 is 6.31. The first kappa shape index (κ1) is 27.7. The molecule has 186 valence electrons. The molecule has 0 spiro atoms. The first-order valence-electron chi connectivity index (χ1n) is 11.4. The summed E-state index contributed by atoms with van der Waals surface area (Å²) in [5.74, 6) is -0.475. The minimum Gasteiger partial charge on any atom is -0.354 e. The van der Waals surface area contributed by atoms with Gasteiger partial charge in [-0.15, -0.1) is 0 Å². The van der Waals surface area contributed by atoms with Gasteiger partial charge in [-0.2, -0.15) is 0 Å². The Balaban J connectivity index is 2.16. The molecule has 1 N–H and O–H groups in total. The molecule has 0 saturated carbocycles. The Kier molecular flexibility index (Phi) is 10.4. The number of nitrogens with one attached hydrogen (secondary N) is 1. The Hall–Kier alpha value is -2.58. The van der Waals surface area contributed by atoms with Crippen LogP contribution in [0.15, 0.2) is 48.5 Å². The molecule has 2 aromatic carbocycles. The largest absolute Gasteiger partial charge is 0.354 e. The number of rotatable bonds is 12. The number of amides is 2. The summed E-state index contributed by atoms with van der Waals surface area (Å²) in [6, 6.07) is 13.7. The van der Waals surface area contributed by atoms with Crippen LogP contribution in [0.5, 0.6) is 0 Å². The average Bonchev–Trinajstić information content (AvgIpc) is 2.78. The fraction of sp³-hybridized carbons (Fsp3) is 0.440. The molecule has 0 aliphatic rings. The number of hydrogen-bond acceptors (Lipinski definition) is 4. The maximum atomic E-state index is 13.2. The van der Waals surface area contributed by atoms with Crippen molar-refractivity contribution in [2.24, 2.45) is 0 Å². The second-order valence-electron chi connectivity index (χ2n) is 8.36. The summed E-state index contributed by atoms with van der Waals surface area (Å²) in [5.41, 5.74) is 2.25. The molecule has 1 atom stereocenters. The fourth-order valence-corrected chi connectivity index (χ4v) is 4.73. The van der Waals surface area contributed by atoms with Gasteiger partial charge in [0.05, 0.1) is 11.9 Å². The van der Waals surface area contributed by atoms with E-state index in [4.69, 9.17) is 11.6 Å². The molecule has 0 radical (unpaired) electrons. The van der Waals surface area contributed by atoms with Crippen molar-refractivity contribution in [3.05, 3.63) is 64.7 Å². The van der Waals surface area contributed by atoms with Gasteiger partial charge < -0.3 is 10.2 Å². The van der Waals surface area contributed by atoms with Gasteiger partial charge in [0.15, 0.2) is 0 Å². The van der Waals surface area contributed by atoms with Gasteiger partial charge in [-0.1, -0.05) is 48.9 Å². The number of aryl methyl sites for hydroxylation is 1. The van der Waals surface area contributed by atoms with Crippen molar-refractivity contribution in [3.8, 4) is 0 Å². The van der Waals surface area contributed by atoms with E-state index in [-0.39, 0.29) is 31.3 Å². The van der Waals surface area contributed by atoms with Crippen molar-refractivity contribution in [2.75, 3.05) is 23.7 Å². The molecule has 34 heavy (non-hydrogen) atoms. The Morgan fingerprint density at radius 1 is 1.12 bits per heavy atom. The molecular weight excluding hydrogens is 474 g/mol. The van der Waals surface area contributed by atoms with Crippen molar-refractivity contribution < 1.29 is 18.0 Å². The number of halogens is 1. The lowest BCUT2D eigenvalue weighted by molar-refractivity contribution is -0.140. The van der Waals surface area contributed by atoms with E-state index in [0.717, 1.165) is 23.8 Å². The molecule has 2 rings (SSSR count). The maximum absolute atomic E-state index is 13.2. The monoisotopic (exact) mass is 507 g/mol. The number of anilines is 1. The summed E-state index contributed by atoms with van der Waals surface area (Å²) in [6.45, 7) is 6.41. The van der Waals surface area contributed by atoms with E-state index in [1.54, 1.807) is 37.3 Å². The Morgan fingerprint density at radius 2 is 1.82 bits per heavy atom. The predicted octanol–water partition coefficient (Wildman–Crippen LogP) is 4.14. The van der Waals surface area contributed by atoms with E-state index in [0.29, 0.717) is 23.7 Å². The topological polar surface area (TPSA) is 86.8 Å². The molecule has 2 amide bonds. The summed E-state index contributed by atoms with van der Waals surface area (Å²) in [6.07, 6.45) is 2.34. The van der Waals surface area contributed by atoms with Crippen LogP contribution in [0.25, 0.3) is 0 Å². The highest BCUT2D eigenvalue weighted by atomic mass is 35.5. The van der Waals surface area contributed by atoms with E-state index < -0.39 is 16.1 Å². The second-order valence-corrected chi connectivity index (χ2v) is 10.7. The molecular formula is C25H34ClN3O4S. The summed E-state index contributed by atoms with van der Waals surface area (Å²) in [5, 5.41) is 3.35. The molecule has 2 aromatic rings. The third-order valence-electron chi connectivity index (χ3n) is 5.46. The van der Waals surface area contributed by atoms with Crippen LogP contribution in [0.2, 0.25) is 5.02 Å². The van der Waals surface area contributed by atoms with Crippen LogP contribution in [-0.4, -0.2) is 50.5 Å². The SMILES string of the molecule is CCCNC(=O)[C@@H](C)N(Cc1ccccc1Cl)C(=O)CCCN(c1cccc(C)c1)S(C)(=O)=O. The molecule has 0 unspecified atom stereocenters.